The molecule has 44 heavy (non-hydrogen) atoms. The van der Waals surface area contributed by atoms with Crippen LogP contribution in [-0.4, -0.2) is 109 Å². The maximum Gasteiger partial charge on any atom is 0.417 e. The van der Waals surface area contributed by atoms with Crippen LogP contribution in [-0.2, 0) is 51.0 Å². The van der Waals surface area contributed by atoms with Gasteiger partial charge < -0.3 is 29.6 Å². The predicted octanol–water partition coefficient (Wildman–Crippen LogP) is 0.183. The maximum absolute atomic E-state index is 12.5. The fourth-order valence-electron chi connectivity index (χ4n) is 5.15. The first-order chi connectivity index (χ1) is 21.3. The van der Waals surface area contributed by atoms with Gasteiger partial charge >= 0.3 is 12.2 Å². The number of nitrogens with one attached hydrogen (secondary N) is 2. The molecule has 0 bridgehead atoms. The minimum absolute atomic E-state index is 0.0690. The highest BCUT2D eigenvalue weighted by Gasteiger charge is 2.43. The van der Waals surface area contributed by atoms with Gasteiger partial charge in [0.05, 0.1) is 25.2 Å². The van der Waals surface area contributed by atoms with E-state index in [1.54, 1.807) is 0 Å². The average molecular weight is 609 g/mol. The SMILES string of the molecule is O=C1COC(C(=O)N2C(=O)OC[C@H]2Cc2ccccc2)CN1.O=C1CO[C@@H](C(=O)N2C(=O)OCC2Cc2ccccc2)CN1. The van der Waals surface area contributed by atoms with Crippen LogP contribution in [0.15, 0.2) is 60.7 Å². The third kappa shape index (κ3) is 7.38. The van der Waals surface area contributed by atoms with Crippen molar-refractivity contribution in [1.29, 1.82) is 0 Å². The lowest BCUT2D eigenvalue weighted by atomic mass is 10.1. The number of imide groups is 2. The molecular formula is C30H32N4O10. The van der Waals surface area contributed by atoms with Crippen LogP contribution in [0.25, 0.3) is 0 Å². The van der Waals surface area contributed by atoms with Gasteiger partial charge in [-0.25, -0.2) is 19.4 Å². The van der Waals surface area contributed by atoms with E-state index in [4.69, 9.17) is 18.9 Å². The third-order valence-corrected chi connectivity index (χ3v) is 7.38. The van der Waals surface area contributed by atoms with Crippen molar-refractivity contribution in [2.75, 3.05) is 39.5 Å². The normalized spacial score (nSPS) is 24.8. The van der Waals surface area contributed by atoms with Crippen molar-refractivity contribution in [3.05, 3.63) is 71.8 Å². The Kier molecular flexibility index (Phi) is 9.82. The van der Waals surface area contributed by atoms with Crippen LogP contribution < -0.4 is 10.6 Å². The monoisotopic (exact) mass is 608 g/mol. The highest BCUT2D eigenvalue weighted by molar-refractivity contribution is 5.97. The summed E-state index contributed by atoms with van der Waals surface area (Å²) in [5, 5.41) is 5.10. The number of rotatable bonds is 6. The van der Waals surface area contributed by atoms with Crippen molar-refractivity contribution >= 4 is 35.8 Å². The first kappa shape index (κ1) is 30.6. The van der Waals surface area contributed by atoms with Crippen LogP contribution in [0.1, 0.15) is 11.1 Å². The van der Waals surface area contributed by atoms with Crippen LogP contribution in [0.3, 0.4) is 0 Å². The minimum Gasteiger partial charge on any atom is -0.447 e. The molecule has 2 N–H and O–H groups in total. The van der Waals surface area contributed by atoms with Gasteiger partial charge in [0.15, 0.2) is 12.2 Å². The molecule has 6 amide bonds. The third-order valence-electron chi connectivity index (χ3n) is 7.38. The molecule has 14 heteroatoms. The van der Waals surface area contributed by atoms with E-state index in [2.05, 4.69) is 10.6 Å². The lowest BCUT2D eigenvalue weighted by Gasteiger charge is -2.27. The summed E-state index contributed by atoms with van der Waals surface area (Å²) in [5.74, 6) is -1.48. The van der Waals surface area contributed by atoms with Gasteiger partial charge in [-0.1, -0.05) is 60.7 Å². The Labute approximate surface area is 252 Å². The lowest BCUT2D eigenvalue weighted by molar-refractivity contribution is -0.150. The number of carbonyl (C=O) groups excluding carboxylic acids is 6. The van der Waals surface area contributed by atoms with Gasteiger partial charge in [0.25, 0.3) is 11.8 Å². The molecule has 4 aliphatic heterocycles. The van der Waals surface area contributed by atoms with E-state index in [9.17, 15) is 28.8 Å². The summed E-state index contributed by atoms with van der Waals surface area (Å²) in [6.07, 6.45) is -1.96. The van der Waals surface area contributed by atoms with Crippen molar-refractivity contribution < 1.29 is 47.7 Å². The van der Waals surface area contributed by atoms with Crippen molar-refractivity contribution in [2.24, 2.45) is 0 Å². The molecule has 4 fully saturated rings. The fraction of sp³-hybridized carbons (Fsp3) is 0.400. The fourth-order valence-corrected chi connectivity index (χ4v) is 5.15. The van der Waals surface area contributed by atoms with Crippen LogP contribution in [0, 0.1) is 0 Å². The molecule has 0 aliphatic carbocycles. The molecule has 2 aromatic carbocycles. The lowest BCUT2D eigenvalue weighted by Crippen LogP contribution is -2.53. The van der Waals surface area contributed by atoms with Crippen molar-refractivity contribution in [3.8, 4) is 0 Å². The number of ether oxygens (including phenoxy) is 4. The zero-order valence-electron chi connectivity index (χ0n) is 23.7. The Hall–Kier alpha value is -4.82. The van der Waals surface area contributed by atoms with Gasteiger partial charge in [0.1, 0.15) is 26.4 Å². The molecule has 0 radical (unpaired) electrons. The number of cyclic esters (lactones) is 2. The number of benzene rings is 2. The summed E-state index contributed by atoms with van der Waals surface area (Å²) < 4.78 is 20.4. The largest absolute Gasteiger partial charge is 0.447 e. The summed E-state index contributed by atoms with van der Waals surface area (Å²) in [6.45, 7) is 0.112. The van der Waals surface area contributed by atoms with Crippen LogP contribution in [0.5, 0.6) is 0 Å². The maximum atomic E-state index is 12.5. The number of morpholine rings is 2. The molecular weight excluding hydrogens is 576 g/mol. The molecule has 4 atom stereocenters. The van der Waals surface area contributed by atoms with Crippen LogP contribution in [0.4, 0.5) is 9.59 Å². The molecule has 6 rings (SSSR count). The standard InChI is InChI=1S/2C15H16N2O5/c2*18-13-9-21-12(7-16-13)14(19)17-11(8-22-15(17)20)6-10-4-2-1-3-5-10/h2*1-5,11-12H,6-9H2,(H,16,18)/t11?,12-;11-,12?/m11/s1. The Morgan fingerprint density at radius 2 is 1.02 bits per heavy atom. The highest BCUT2D eigenvalue weighted by Crippen LogP contribution is 2.21. The molecule has 232 valence electrons. The Balaban J connectivity index is 0.000000175. The molecule has 2 unspecified atom stereocenters. The van der Waals surface area contributed by atoms with Crippen molar-refractivity contribution in [2.45, 2.75) is 37.1 Å². The van der Waals surface area contributed by atoms with Gasteiger partial charge in [-0.3, -0.25) is 19.2 Å². The summed E-state index contributed by atoms with van der Waals surface area (Å²) in [6, 6.07) is 18.4. The Morgan fingerprint density at radius 1 is 0.636 bits per heavy atom. The van der Waals surface area contributed by atoms with E-state index in [1.165, 1.54) is 0 Å². The van der Waals surface area contributed by atoms with Gasteiger partial charge in [-0.15, -0.1) is 0 Å². The van der Waals surface area contributed by atoms with Crippen LogP contribution in [0.2, 0.25) is 0 Å². The zero-order chi connectivity index (χ0) is 31.1. The summed E-state index contributed by atoms with van der Waals surface area (Å²) in [4.78, 5) is 73.0. The van der Waals surface area contributed by atoms with Gasteiger partial charge in [-0.2, -0.15) is 0 Å². The molecule has 0 spiro atoms. The van der Waals surface area contributed by atoms with Crippen molar-refractivity contribution in [1.82, 2.24) is 20.4 Å². The summed E-state index contributed by atoms with van der Waals surface area (Å²) in [7, 11) is 0. The molecule has 14 nitrogen and oxygen atoms in total. The molecule has 2 aromatic rings. The Morgan fingerprint density at radius 3 is 1.36 bits per heavy atom. The number of hydrogen-bond acceptors (Lipinski definition) is 10. The van der Waals surface area contributed by atoms with Gasteiger partial charge in [0.2, 0.25) is 11.8 Å². The zero-order valence-corrected chi connectivity index (χ0v) is 23.7. The van der Waals surface area contributed by atoms with E-state index in [1.807, 2.05) is 60.7 Å². The number of carbonyl (C=O) groups is 6. The van der Waals surface area contributed by atoms with E-state index >= 15 is 0 Å². The van der Waals surface area contributed by atoms with E-state index in [-0.39, 0.29) is 63.4 Å². The molecule has 0 aromatic heterocycles. The molecule has 4 heterocycles. The molecule has 4 aliphatic rings. The second kappa shape index (κ2) is 14.1. The predicted molar refractivity (Wildman–Crippen MR) is 150 cm³/mol. The number of nitrogens with zero attached hydrogens (tertiary/aromatic N) is 2. The second-order valence-electron chi connectivity index (χ2n) is 10.5. The topological polar surface area (TPSA) is 170 Å². The quantitative estimate of drug-likeness (QED) is 0.461. The summed E-state index contributed by atoms with van der Waals surface area (Å²) in [5.41, 5.74) is 2.03. The summed E-state index contributed by atoms with van der Waals surface area (Å²) >= 11 is 0. The average Bonchev–Trinajstić information content (AvgIpc) is 3.59. The van der Waals surface area contributed by atoms with Crippen LogP contribution >= 0.6 is 0 Å². The number of hydrogen-bond donors (Lipinski definition) is 2. The first-order valence-electron chi connectivity index (χ1n) is 14.1. The van der Waals surface area contributed by atoms with E-state index < -0.39 is 36.2 Å². The van der Waals surface area contributed by atoms with Gasteiger partial charge in [-0.05, 0) is 24.0 Å². The highest BCUT2D eigenvalue weighted by atomic mass is 16.6. The Bertz CT molecular complexity index is 1260. The molecule has 4 saturated heterocycles. The smallest absolute Gasteiger partial charge is 0.417 e. The van der Waals surface area contributed by atoms with E-state index in [0.29, 0.717) is 12.8 Å². The molecule has 0 saturated carbocycles. The van der Waals surface area contributed by atoms with Crippen molar-refractivity contribution in [3.63, 3.8) is 0 Å². The van der Waals surface area contributed by atoms with Gasteiger partial charge in [0, 0.05) is 0 Å². The number of amides is 6. The first-order valence-corrected chi connectivity index (χ1v) is 14.1. The second-order valence-corrected chi connectivity index (χ2v) is 10.5. The minimum atomic E-state index is -0.846. The van der Waals surface area contributed by atoms with E-state index in [0.717, 1.165) is 20.9 Å².